The number of amides is 1. The van der Waals surface area contributed by atoms with E-state index in [9.17, 15) is 9.59 Å². The number of hydrogen-bond acceptors (Lipinski definition) is 3. The van der Waals surface area contributed by atoms with E-state index in [1.165, 1.54) is 5.56 Å². The number of aryl methyl sites for hydroxylation is 1. The lowest BCUT2D eigenvalue weighted by Gasteiger charge is -2.32. The smallest absolute Gasteiger partial charge is 0.222 e. The van der Waals surface area contributed by atoms with Crippen LogP contribution < -0.4 is 5.32 Å². The first-order valence-electron chi connectivity index (χ1n) is 8.90. The molecule has 1 N–H and O–H groups in total. The van der Waals surface area contributed by atoms with Crippen LogP contribution in [0.4, 0.5) is 0 Å². The van der Waals surface area contributed by atoms with E-state index in [0.29, 0.717) is 18.7 Å². The number of piperidine rings is 1. The van der Waals surface area contributed by atoms with Crippen molar-refractivity contribution in [2.24, 2.45) is 0 Å². The maximum Gasteiger partial charge on any atom is 0.222 e. The summed E-state index contributed by atoms with van der Waals surface area (Å²) in [5.41, 5.74) is 1.95. The van der Waals surface area contributed by atoms with Crippen molar-refractivity contribution in [3.63, 3.8) is 0 Å². The fraction of sp³-hybridized carbons (Fsp3) is 0.400. The van der Waals surface area contributed by atoms with Crippen molar-refractivity contribution in [2.75, 3.05) is 13.1 Å². The van der Waals surface area contributed by atoms with Crippen LogP contribution in [0.5, 0.6) is 0 Å². The molecule has 0 spiro atoms. The van der Waals surface area contributed by atoms with Gasteiger partial charge in [-0.15, -0.1) is 0 Å². The van der Waals surface area contributed by atoms with Gasteiger partial charge in [-0.1, -0.05) is 30.3 Å². The normalized spacial score (nSPS) is 15.8. The van der Waals surface area contributed by atoms with Crippen LogP contribution >= 0.6 is 0 Å². The summed E-state index contributed by atoms with van der Waals surface area (Å²) >= 11 is 0. The topological polar surface area (TPSA) is 54.3 Å². The number of carbonyl (C=O) groups excluding carboxylic acids is 2. The second-order valence-electron chi connectivity index (χ2n) is 6.60. The Bertz CT molecular complexity index is 688. The highest BCUT2D eigenvalue weighted by atomic mass is 16.1. The molecule has 0 radical (unpaired) electrons. The SMILES string of the molecule is O=Cc1cccn1CCC(=O)NC1CCN(Cc2ccccc2)CC1. The molecule has 1 aliphatic rings. The van der Waals surface area contributed by atoms with Crippen LogP contribution in [0.3, 0.4) is 0 Å². The van der Waals surface area contributed by atoms with Crippen LogP contribution in [-0.2, 0) is 17.9 Å². The summed E-state index contributed by atoms with van der Waals surface area (Å²) in [6, 6.07) is 14.3. The fourth-order valence-electron chi connectivity index (χ4n) is 3.34. The Morgan fingerprint density at radius 3 is 2.60 bits per heavy atom. The summed E-state index contributed by atoms with van der Waals surface area (Å²) in [6.45, 7) is 3.53. The third-order valence-electron chi connectivity index (χ3n) is 4.77. The first-order chi connectivity index (χ1) is 12.2. The Morgan fingerprint density at radius 1 is 1.12 bits per heavy atom. The Kier molecular flexibility index (Phi) is 6.01. The molecule has 1 aliphatic heterocycles. The number of carbonyl (C=O) groups is 2. The molecule has 1 fully saturated rings. The molecule has 1 aromatic carbocycles. The monoisotopic (exact) mass is 339 g/mol. The second kappa shape index (κ2) is 8.62. The number of nitrogens with one attached hydrogen (secondary N) is 1. The van der Waals surface area contributed by atoms with Crippen molar-refractivity contribution >= 4 is 12.2 Å². The zero-order chi connectivity index (χ0) is 17.5. The molecular formula is C20H25N3O2. The molecule has 0 saturated carbocycles. The van der Waals surface area contributed by atoms with E-state index in [0.717, 1.165) is 38.8 Å². The van der Waals surface area contributed by atoms with Gasteiger partial charge in [0.1, 0.15) is 0 Å². The molecule has 0 aliphatic carbocycles. The van der Waals surface area contributed by atoms with E-state index in [-0.39, 0.29) is 11.9 Å². The third-order valence-corrected chi connectivity index (χ3v) is 4.77. The molecule has 1 aromatic heterocycles. The van der Waals surface area contributed by atoms with Crippen molar-refractivity contribution in [2.45, 2.75) is 38.4 Å². The first-order valence-corrected chi connectivity index (χ1v) is 8.90. The molecule has 0 unspecified atom stereocenters. The van der Waals surface area contributed by atoms with Crippen LogP contribution in [-0.4, -0.2) is 40.8 Å². The molecule has 132 valence electrons. The molecule has 2 heterocycles. The summed E-state index contributed by atoms with van der Waals surface area (Å²) in [7, 11) is 0. The van der Waals surface area contributed by atoms with Crippen LogP contribution in [0.1, 0.15) is 35.3 Å². The van der Waals surface area contributed by atoms with Crippen LogP contribution in [0.25, 0.3) is 0 Å². The minimum Gasteiger partial charge on any atom is -0.353 e. The molecule has 25 heavy (non-hydrogen) atoms. The van der Waals surface area contributed by atoms with Crippen LogP contribution in [0.15, 0.2) is 48.7 Å². The van der Waals surface area contributed by atoms with Gasteiger partial charge in [0, 0.05) is 44.8 Å². The lowest BCUT2D eigenvalue weighted by Crippen LogP contribution is -2.44. The van der Waals surface area contributed by atoms with Crippen molar-refractivity contribution < 1.29 is 9.59 Å². The molecule has 0 bridgehead atoms. The zero-order valence-corrected chi connectivity index (χ0v) is 14.4. The van der Waals surface area contributed by atoms with Gasteiger partial charge in [-0.05, 0) is 30.5 Å². The van der Waals surface area contributed by atoms with Gasteiger partial charge in [-0.2, -0.15) is 0 Å². The van der Waals surface area contributed by atoms with Gasteiger partial charge in [0.25, 0.3) is 0 Å². The number of aldehydes is 1. The third kappa shape index (κ3) is 5.03. The molecule has 5 heteroatoms. The van der Waals surface area contributed by atoms with Crippen LogP contribution in [0.2, 0.25) is 0 Å². The van der Waals surface area contributed by atoms with Crippen molar-refractivity contribution in [3.8, 4) is 0 Å². The van der Waals surface area contributed by atoms with Crippen LogP contribution in [0, 0.1) is 0 Å². The van der Waals surface area contributed by atoms with E-state index in [2.05, 4.69) is 34.5 Å². The van der Waals surface area contributed by atoms with Crippen molar-refractivity contribution in [3.05, 3.63) is 59.9 Å². The highest BCUT2D eigenvalue weighted by molar-refractivity contribution is 5.76. The Labute approximate surface area is 148 Å². The van der Waals surface area contributed by atoms with Gasteiger partial charge in [-0.25, -0.2) is 0 Å². The van der Waals surface area contributed by atoms with Gasteiger partial charge in [0.05, 0.1) is 5.69 Å². The summed E-state index contributed by atoms with van der Waals surface area (Å²) in [4.78, 5) is 25.5. The number of aromatic nitrogens is 1. The molecule has 1 amide bonds. The lowest BCUT2D eigenvalue weighted by atomic mass is 10.0. The molecule has 0 atom stereocenters. The maximum atomic E-state index is 12.2. The first kappa shape index (κ1) is 17.4. The zero-order valence-electron chi connectivity index (χ0n) is 14.4. The average molecular weight is 339 g/mol. The van der Waals surface area contributed by atoms with E-state index in [1.54, 1.807) is 6.07 Å². The van der Waals surface area contributed by atoms with Gasteiger partial charge in [0.2, 0.25) is 5.91 Å². The summed E-state index contributed by atoms with van der Waals surface area (Å²) < 4.78 is 1.81. The minimum absolute atomic E-state index is 0.0621. The van der Waals surface area contributed by atoms with E-state index in [4.69, 9.17) is 0 Å². The van der Waals surface area contributed by atoms with Gasteiger partial charge in [-0.3, -0.25) is 14.5 Å². The van der Waals surface area contributed by atoms with E-state index in [1.807, 2.05) is 22.9 Å². The number of hydrogen-bond donors (Lipinski definition) is 1. The highest BCUT2D eigenvalue weighted by Crippen LogP contribution is 2.14. The predicted octanol–water partition coefficient (Wildman–Crippen LogP) is 2.47. The van der Waals surface area contributed by atoms with E-state index >= 15 is 0 Å². The lowest BCUT2D eigenvalue weighted by molar-refractivity contribution is -0.122. The molecule has 1 saturated heterocycles. The van der Waals surface area contributed by atoms with Gasteiger partial charge >= 0.3 is 0 Å². The van der Waals surface area contributed by atoms with Crippen molar-refractivity contribution in [1.82, 2.24) is 14.8 Å². The molecular weight excluding hydrogens is 314 g/mol. The summed E-state index contributed by atoms with van der Waals surface area (Å²) in [5, 5.41) is 3.14. The Hall–Kier alpha value is -2.40. The van der Waals surface area contributed by atoms with Crippen molar-refractivity contribution in [1.29, 1.82) is 0 Å². The average Bonchev–Trinajstić information content (AvgIpc) is 3.10. The summed E-state index contributed by atoms with van der Waals surface area (Å²) in [5.74, 6) is 0.0621. The molecule has 5 nitrogen and oxygen atoms in total. The van der Waals surface area contributed by atoms with Gasteiger partial charge < -0.3 is 9.88 Å². The maximum absolute atomic E-state index is 12.2. The summed E-state index contributed by atoms with van der Waals surface area (Å²) in [6.07, 6.45) is 5.03. The minimum atomic E-state index is 0.0621. The Balaban J connectivity index is 1.38. The second-order valence-corrected chi connectivity index (χ2v) is 6.60. The Morgan fingerprint density at radius 2 is 1.88 bits per heavy atom. The largest absolute Gasteiger partial charge is 0.353 e. The number of rotatable bonds is 7. The number of nitrogens with zero attached hydrogens (tertiary/aromatic N) is 2. The highest BCUT2D eigenvalue weighted by Gasteiger charge is 2.20. The number of likely N-dealkylation sites (tertiary alicyclic amines) is 1. The van der Waals surface area contributed by atoms with Gasteiger partial charge in [0.15, 0.2) is 6.29 Å². The molecule has 3 rings (SSSR count). The van der Waals surface area contributed by atoms with E-state index < -0.39 is 0 Å². The quantitative estimate of drug-likeness (QED) is 0.789. The molecule has 2 aromatic rings. The standard InChI is InChI=1S/C20H25N3O2/c24-16-19-7-4-11-23(19)14-10-20(25)21-18-8-12-22(13-9-18)15-17-5-2-1-3-6-17/h1-7,11,16,18H,8-10,12-15H2,(H,21,25). The predicted molar refractivity (Wildman–Crippen MR) is 97.3 cm³/mol. The number of benzene rings is 1. The fourth-order valence-corrected chi connectivity index (χ4v) is 3.34.